The van der Waals surface area contributed by atoms with Crippen molar-refractivity contribution in [3.05, 3.63) is 48.3 Å². The van der Waals surface area contributed by atoms with E-state index in [2.05, 4.69) is 21.4 Å². The van der Waals surface area contributed by atoms with Gasteiger partial charge in [-0.15, -0.1) is 0 Å². The molecule has 3 N–H and O–H groups in total. The zero-order valence-corrected chi connectivity index (χ0v) is 12.3. The van der Waals surface area contributed by atoms with Crippen LogP contribution < -0.4 is 11.1 Å². The molecule has 2 heterocycles. The van der Waals surface area contributed by atoms with Gasteiger partial charge in [0.25, 0.3) is 0 Å². The first-order valence-corrected chi connectivity index (χ1v) is 7.00. The first-order chi connectivity index (χ1) is 10.1. The van der Waals surface area contributed by atoms with E-state index in [1.807, 2.05) is 49.3 Å². The molecule has 3 rings (SSSR count). The molecule has 1 aromatic carbocycles. The monoisotopic (exact) mass is 281 g/mol. The van der Waals surface area contributed by atoms with Crippen LogP contribution in [0.2, 0.25) is 0 Å². The van der Waals surface area contributed by atoms with E-state index in [1.165, 1.54) is 0 Å². The van der Waals surface area contributed by atoms with Gasteiger partial charge in [0.1, 0.15) is 5.82 Å². The van der Waals surface area contributed by atoms with Crippen LogP contribution in [0, 0.1) is 6.92 Å². The van der Waals surface area contributed by atoms with Crippen LogP contribution >= 0.6 is 0 Å². The van der Waals surface area contributed by atoms with Crippen molar-refractivity contribution in [2.45, 2.75) is 13.3 Å². The van der Waals surface area contributed by atoms with E-state index in [1.54, 1.807) is 0 Å². The van der Waals surface area contributed by atoms with Crippen LogP contribution in [-0.2, 0) is 13.5 Å². The third-order valence-electron chi connectivity index (χ3n) is 3.66. The number of pyridine rings is 1. The standard InChI is InChI=1S/C16H19N5/c1-11-9-12-13(10-20-11)14(17)3-4-15(12)18-6-5-16-19-7-8-21(16)2/h3-4,7-10,18H,5-6,17H2,1-2H3. The fourth-order valence-electron chi connectivity index (χ4n) is 2.47. The highest BCUT2D eigenvalue weighted by molar-refractivity contribution is 6.00. The molecule has 5 nitrogen and oxygen atoms in total. The number of anilines is 2. The van der Waals surface area contributed by atoms with Crippen molar-refractivity contribution in [3.63, 3.8) is 0 Å². The summed E-state index contributed by atoms with van der Waals surface area (Å²) in [4.78, 5) is 8.65. The molecule has 21 heavy (non-hydrogen) atoms. The summed E-state index contributed by atoms with van der Waals surface area (Å²) in [5.41, 5.74) is 8.85. The SMILES string of the molecule is Cc1cc2c(NCCc3nccn3C)ccc(N)c2cn1. The smallest absolute Gasteiger partial charge is 0.110 e. The van der Waals surface area contributed by atoms with E-state index in [9.17, 15) is 0 Å². The normalized spacial score (nSPS) is 11.0. The first-order valence-electron chi connectivity index (χ1n) is 7.00. The molecule has 0 saturated heterocycles. The molecule has 0 fully saturated rings. The molecule has 0 radical (unpaired) electrons. The van der Waals surface area contributed by atoms with Crippen LogP contribution in [0.25, 0.3) is 10.8 Å². The quantitative estimate of drug-likeness (QED) is 0.721. The number of nitrogens with one attached hydrogen (secondary N) is 1. The second-order valence-electron chi connectivity index (χ2n) is 5.20. The van der Waals surface area contributed by atoms with Crippen molar-refractivity contribution >= 4 is 22.1 Å². The summed E-state index contributed by atoms with van der Waals surface area (Å²) in [6.45, 7) is 2.81. The van der Waals surface area contributed by atoms with Crippen LogP contribution in [0.15, 0.2) is 36.8 Å². The molecule has 108 valence electrons. The molecule has 0 aliphatic heterocycles. The first kappa shape index (κ1) is 13.4. The number of aryl methyl sites for hydroxylation is 2. The maximum atomic E-state index is 6.02. The van der Waals surface area contributed by atoms with Gasteiger partial charge in [-0.05, 0) is 25.1 Å². The Morgan fingerprint density at radius 2 is 2.10 bits per heavy atom. The van der Waals surface area contributed by atoms with E-state index in [-0.39, 0.29) is 0 Å². The maximum absolute atomic E-state index is 6.02. The highest BCUT2D eigenvalue weighted by Crippen LogP contribution is 2.28. The van der Waals surface area contributed by atoms with Crippen molar-refractivity contribution in [1.29, 1.82) is 0 Å². The minimum Gasteiger partial charge on any atom is -0.398 e. The number of imidazole rings is 1. The maximum Gasteiger partial charge on any atom is 0.110 e. The molecule has 2 aromatic heterocycles. The van der Waals surface area contributed by atoms with E-state index >= 15 is 0 Å². The zero-order chi connectivity index (χ0) is 14.8. The van der Waals surface area contributed by atoms with Gasteiger partial charge in [-0.1, -0.05) is 0 Å². The van der Waals surface area contributed by atoms with Gasteiger partial charge in [-0.3, -0.25) is 4.98 Å². The predicted molar refractivity (Wildman–Crippen MR) is 86.3 cm³/mol. The van der Waals surface area contributed by atoms with Gasteiger partial charge >= 0.3 is 0 Å². The Kier molecular flexibility index (Phi) is 3.48. The van der Waals surface area contributed by atoms with Gasteiger partial charge in [0.15, 0.2) is 0 Å². The number of rotatable bonds is 4. The summed E-state index contributed by atoms with van der Waals surface area (Å²) < 4.78 is 2.04. The Bertz CT molecular complexity index is 775. The number of hydrogen-bond donors (Lipinski definition) is 2. The van der Waals surface area contributed by atoms with Crippen LogP contribution in [0.3, 0.4) is 0 Å². The molecule has 0 atom stereocenters. The van der Waals surface area contributed by atoms with Crippen LogP contribution in [0.1, 0.15) is 11.5 Å². The Morgan fingerprint density at radius 3 is 2.86 bits per heavy atom. The number of fused-ring (bicyclic) bond motifs is 1. The average Bonchev–Trinajstić information content (AvgIpc) is 2.87. The van der Waals surface area contributed by atoms with Crippen LogP contribution in [0.5, 0.6) is 0 Å². The number of nitrogens with zero attached hydrogens (tertiary/aromatic N) is 3. The van der Waals surface area contributed by atoms with E-state index in [0.29, 0.717) is 0 Å². The summed E-state index contributed by atoms with van der Waals surface area (Å²) in [6.07, 6.45) is 6.50. The summed E-state index contributed by atoms with van der Waals surface area (Å²) in [5, 5.41) is 5.57. The summed E-state index contributed by atoms with van der Waals surface area (Å²) in [6, 6.07) is 6.01. The minimum absolute atomic E-state index is 0.757. The van der Waals surface area contributed by atoms with Crippen molar-refractivity contribution in [3.8, 4) is 0 Å². The number of hydrogen-bond acceptors (Lipinski definition) is 4. The largest absolute Gasteiger partial charge is 0.398 e. The van der Waals surface area contributed by atoms with Crippen molar-refractivity contribution < 1.29 is 0 Å². The average molecular weight is 281 g/mol. The molecule has 0 unspecified atom stereocenters. The molecule has 0 aliphatic carbocycles. The van der Waals surface area contributed by atoms with E-state index in [4.69, 9.17) is 5.73 Å². The second kappa shape index (κ2) is 5.44. The minimum atomic E-state index is 0.757. The molecular weight excluding hydrogens is 262 g/mol. The third-order valence-corrected chi connectivity index (χ3v) is 3.66. The Balaban J connectivity index is 1.82. The Morgan fingerprint density at radius 1 is 1.24 bits per heavy atom. The van der Waals surface area contributed by atoms with Gasteiger partial charge in [-0.2, -0.15) is 0 Å². The van der Waals surface area contributed by atoms with E-state index < -0.39 is 0 Å². The summed E-state index contributed by atoms with van der Waals surface area (Å²) in [7, 11) is 2.01. The zero-order valence-electron chi connectivity index (χ0n) is 12.3. The van der Waals surface area contributed by atoms with Crippen molar-refractivity contribution in [1.82, 2.24) is 14.5 Å². The number of benzene rings is 1. The lowest BCUT2D eigenvalue weighted by molar-refractivity contribution is 0.790. The highest BCUT2D eigenvalue weighted by Gasteiger charge is 2.06. The summed E-state index contributed by atoms with van der Waals surface area (Å²) >= 11 is 0. The van der Waals surface area contributed by atoms with E-state index in [0.717, 1.165) is 46.6 Å². The lowest BCUT2D eigenvalue weighted by Crippen LogP contribution is -2.09. The molecule has 0 bridgehead atoms. The molecule has 0 amide bonds. The topological polar surface area (TPSA) is 68.8 Å². The van der Waals surface area contributed by atoms with Gasteiger partial charge in [-0.25, -0.2) is 4.98 Å². The Labute approximate surface area is 123 Å². The Hall–Kier alpha value is -2.56. The lowest BCUT2D eigenvalue weighted by Gasteiger charge is -2.11. The van der Waals surface area contributed by atoms with Gasteiger partial charge in [0, 0.05) is 66.4 Å². The van der Waals surface area contributed by atoms with Crippen molar-refractivity contribution in [2.24, 2.45) is 7.05 Å². The van der Waals surface area contributed by atoms with Crippen LogP contribution in [-0.4, -0.2) is 21.1 Å². The number of aromatic nitrogens is 3. The molecule has 0 saturated carbocycles. The second-order valence-corrected chi connectivity index (χ2v) is 5.20. The highest BCUT2D eigenvalue weighted by atomic mass is 15.0. The van der Waals surface area contributed by atoms with Crippen molar-refractivity contribution in [2.75, 3.05) is 17.6 Å². The summed E-state index contributed by atoms with van der Waals surface area (Å²) in [5.74, 6) is 1.07. The number of nitrogen functional groups attached to an aromatic ring is 1. The lowest BCUT2D eigenvalue weighted by atomic mass is 10.1. The third kappa shape index (κ3) is 2.67. The molecule has 3 aromatic rings. The molecular formula is C16H19N5. The van der Waals surface area contributed by atoms with Crippen LogP contribution in [0.4, 0.5) is 11.4 Å². The number of nitrogens with two attached hydrogens (primary N) is 1. The van der Waals surface area contributed by atoms with Gasteiger partial charge < -0.3 is 15.6 Å². The fourth-order valence-corrected chi connectivity index (χ4v) is 2.47. The molecule has 5 heteroatoms. The molecule has 0 aliphatic rings. The fraction of sp³-hybridized carbons (Fsp3) is 0.250. The predicted octanol–water partition coefficient (Wildman–Crippen LogP) is 2.51. The van der Waals surface area contributed by atoms with Gasteiger partial charge in [0.2, 0.25) is 0 Å². The van der Waals surface area contributed by atoms with Gasteiger partial charge in [0.05, 0.1) is 0 Å². The molecule has 0 spiro atoms.